The van der Waals surface area contributed by atoms with Crippen LogP contribution in [0, 0.1) is 5.92 Å². The van der Waals surface area contributed by atoms with E-state index in [0.717, 1.165) is 0 Å². The van der Waals surface area contributed by atoms with Gasteiger partial charge in [-0.1, -0.05) is 0 Å². The van der Waals surface area contributed by atoms with E-state index in [4.69, 9.17) is 19.9 Å². The quantitative estimate of drug-likeness (QED) is 0.520. The molecule has 1 aliphatic carbocycles. The average molecular weight is 363 g/mol. The molecule has 140 valence electrons. The van der Waals surface area contributed by atoms with Crippen molar-refractivity contribution >= 4 is 17.7 Å². The Hall–Kier alpha value is -2.39. The Morgan fingerprint density at radius 2 is 2.00 bits per heavy atom. The normalized spacial score (nSPS) is 37.6. The van der Waals surface area contributed by atoms with E-state index in [1.54, 1.807) is 14.0 Å². The number of nitrogens with two attached hydrogens (primary N) is 1. The number of amides is 1. The standard InChI is InChI=1S/C17H21N3O6/c1-7-12(21)11-10(13(22)14(7)24-3)8(6-26-16(18)23)17(25-4)15-9(19(15)2)5-20(11)17/h8-9,15H,5-6H2,1-4H3,(H2,18,23)/t8-,9-,15-,17+,19?/m0/s1. The predicted molar refractivity (Wildman–Crippen MR) is 87.6 cm³/mol. The molecule has 0 aromatic rings. The highest BCUT2D eigenvalue weighted by Gasteiger charge is 2.75. The number of piperazine rings is 1. The number of hydrogen-bond acceptors (Lipinski definition) is 8. The summed E-state index contributed by atoms with van der Waals surface area (Å²) >= 11 is 0. The number of fused-ring (bicyclic) bond motifs is 4. The first kappa shape index (κ1) is 17.0. The maximum Gasteiger partial charge on any atom is 0.404 e. The Balaban J connectivity index is 1.85. The molecule has 0 bridgehead atoms. The molecule has 2 fully saturated rings. The summed E-state index contributed by atoms with van der Waals surface area (Å²) in [6, 6.07) is 0.211. The van der Waals surface area contributed by atoms with Gasteiger partial charge in [0, 0.05) is 30.8 Å². The highest BCUT2D eigenvalue weighted by molar-refractivity contribution is 6.25. The second kappa shape index (κ2) is 5.31. The van der Waals surface area contributed by atoms with Gasteiger partial charge in [0.15, 0.2) is 11.5 Å². The highest BCUT2D eigenvalue weighted by atomic mass is 16.6. The van der Waals surface area contributed by atoms with Gasteiger partial charge in [-0.25, -0.2) is 4.79 Å². The number of Topliss-reactive ketones (excluding diaryl/α,β-unsaturated/α-hetero) is 2. The number of carbonyl (C=O) groups excluding carboxylic acids is 3. The predicted octanol–water partition coefficient (Wildman–Crippen LogP) is -0.621. The van der Waals surface area contributed by atoms with Gasteiger partial charge in [-0.05, 0) is 14.0 Å². The molecule has 3 heterocycles. The van der Waals surface area contributed by atoms with Crippen LogP contribution in [-0.4, -0.2) is 79.7 Å². The van der Waals surface area contributed by atoms with E-state index >= 15 is 0 Å². The number of ether oxygens (including phenoxy) is 3. The Kier molecular flexibility index (Phi) is 3.48. The molecule has 26 heavy (non-hydrogen) atoms. The van der Waals surface area contributed by atoms with Gasteiger partial charge >= 0.3 is 6.09 Å². The molecule has 0 aromatic heterocycles. The minimum absolute atomic E-state index is 0.00789. The molecular formula is C17H21N3O6. The van der Waals surface area contributed by atoms with Crippen LogP contribution in [0.5, 0.6) is 0 Å². The number of allylic oxidation sites excluding steroid dienone is 2. The van der Waals surface area contributed by atoms with Crippen LogP contribution in [0.3, 0.4) is 0 Å². The topological polar surface area (TPSA) is 111 Å². The SMILES string of the molecule is COC1=C(C)C(=O)C2=C(C1=O)[C@H](COC(N)=O)[C@@]1(OC)[C@@H]3[C@H](CN21)N3C. The fraction of sp³-hybridized carbons (Fsp3) is 0.588. The van der Waals surface area contributed by atoms with Crippen molar-refractivity contribution in [2.75, 3.05) is 34.4 Å². The minimum atomic E-state index is -0.950. The summed E-state index contributed by atoms with van der Waals surface area (Å²) in [6.45, 7) is 1.99. The van der Waals surface area contributed by atoms with Gasteiger partial charge in [0.1, 0.15) is 6.61 Å². The molecular weight excluding hydrogens is 342 g/mol. The number of methoxy groups -OCH3 is 2. The lowest BCUT2D eigenvalue weighted by Crippen LogP contribution is -2.55. The zero-order chi connectivity index (χ0) is 19.0. The average Bonchev–Trinajstić information content (AvgIpc) is 3.00. The summed E-state index contributed by atoms with van der Waals surface area (Å²) in [6.07, 6.45) is -0.941. The third kappa shape index (κ3) is 1.79. The van der Waals surface area contributed by atoms with Crippen LogP contribution in [0.4, 0.5) is 4.79 Å². The molecule has 0 spiro atoms. The maximum absolute atomic E-state index is 13.1. The number of ketones is 2. The van der Waals surface area contributed by atoms with E-state index in [9.17, 15) is 14.4 Å². The molecule has 5 atom stereocenters. The van der Waals surface area contributed by atoms with Crippen LogP contribution in [0.25, 0.3) is 0 Å². The molecule has 0 saturated carbocycles. The van der Waals surface area contributed by atoms with Crippen LogP contribution in [-0.2, 0) is 23.8 Å². The van der Waals surface area contributed by atoms with Gasteiger partial charge in [-0.3, -0.25) is 14.5 Å². The molecule has 9 nitrogen and oxygen atoms in total. The first-order valence-corrected chi connectivity index (χ1v) is 8.36. The molecule has 3 aliphatic heterocycles. The van der Waals surface area contributed by atoms with E-state index in [2.05, 4.69) is 4.90 Å². The smallest absolute Gasteiger partial charge is 0.404 e. The minimum Gasteiger partial charge on any atom is -0.492 e. The second-order valence-corrected chi connectivity index (χ2v) is 7.01. The van der Waals surface area contributed by atoms with E-state index in [1.807, 2.05) is 11.9 Å². The van der Waals surface area contributed by atoms with Gasteiger partial charge in [0.25, 0.3) is 0 Å². The van der Waals surface area contributed by atoms with Crippen molar-refractivity contribution in [3.05, 3.63) is 22.6 Å². The molecule has 0 radical (unpaired) electrons. The number of carbonyl (C=O) groups is 3. The molecule has 0 aromatic carbocycles. The van der Waals surface area contributed by atoms with Crippen LogP contribution in [0.1, 0.15) is 6.92 Å². The summed E-state index contributed by atoms with van der Waals surface area (Å²) in [7, 11) is 4.87. The monoisotopic (exact) mass is 363 g/mol. The fourth-order valence-corrected chi connectivity index (χ4v) is 4.94. The first-order valence-electron chi connectivity index (χ1n) is 8.36. The van der Waals surface area contributed by atoms with Crippen LogP contribution in [0.15, 0.2) is 22.6 Å². The lowest BCUT2D eigenvalue weighted by Gasteiger charge is -2.40. The van der Waals surface area contributed by atoms with Gasteiger partial charge in [0.2, 0.25) is 11.6 Å². The molecule has 4 rings (SSSR count). The summed E-state index contributed by atoms with van der Waals surface area (Å²) in [5, 5.41) is 0. The van der Waals surface area contributed by atoms with E-state index in [1.165, 1.54) is 7.11 Å². The molecule has 9 heteroatoms. The lowest BCUT2D eigenvalue weighted by molar-refractivity contribution is -0.144. The molecule has 4 aliphatic rings. The Morgan fingerprint density at radius 3 is 2.58 bits per heavy atom. The highest BCUT2D eigenvalue weighted by Crippen LogP contribution is 2.59. The molecule has 2 N–H and O–H groups in total. The first-order chi connectivity index (χ1) is 12.3. The van der Waals surface area contributed by atoms with E-state index in [-0.39, 0.29) is 47.2 Å². The van der Waals surface area contributed by atoms with Crippen molar-refractivity contribution in [2.24, 2.45) is 11.7 Å². The molecule has 1 unspecified atom stereocenters. The van der Waals surface area contributed by atoms with Gasteiger partial charge < -0.3 is 24.8 Å². The van der Waals surface area contributed by atoms with Crippen LogP contribution >= 0.6 is 0 Å². The molecule has 1 amide bonds. The zero-order valence-corrected chi connectivity index (χ0v) is 15.1. The molecule has 2 saturated heterocycles. The van der Waals surface area contributed by atoms with Crippen molar-refractivity contribution < 1.29 is 28.6 Å². The Labute approximate surface area is 150 Å². The summed E-state index contributed by atoms with van der Waals surface area (Å²) < 4.78 is 16.2. The number of rotatable bonds is 4. The Bertz CT molecular complexity index is 802. The number of primary amides is 1. The third-order valence-electron chi connectivity index (χ3n) is 6.10. The Morgan fingerprint density at radius 1 is 1.31 bits per heavy atom. The second-order valence-electron chi connectivity index (χ2n) is 7.01. The van der Waals surface area contributed by atoms with E-state index < -0.39 is 17.7 Å². The summed E-state index contributed by atoms with van der Waals surface area (Å²) in [4.78, 5) is 41.3. The van der Waals surface area contributed by atoms with Crippen LogP contribution in [0.2, 0.25) is 0 Å². The third-order valence-corrected chi connectivity index (χ3v) is 6.10. The summed E-state index contributed by atoms with van der Waals surface area (Å²) in [5.74, 6) is -1.25. The van der Waals surface area contributed by atoms with E-state index in [0.29, 0.717) is 12.2 Å². The number of hydrogen-bond donors (Lipinski definition) is 1. The number of likely N-dealkylation sites (N-methyl/N-ethyl adjacent to an activating group) is 1. The van der Waals surface area contributed by atoms with Crippen molar-refractivity contribution in [1.82, 2.24) is 9.80 Å². The van der Waals surface area contributed by atoms with Crippen molar-refractivity contribution in [3.8, 4) is 0 Å². The fourth-order valence-electron chi connectivity index (χ4n) is 4.94. The van der Waals surface area contributed by atoms with Gasteiger partial charge in [-0.2, -0.15) is 0 Å². The maximum atomic E-state index is 13.1. The van der Waals surface area contributed by atoms with Crippen LogP contribution < -0.4 is 5.73 Å². The number of nitrogens with zero attached hydrogens (tertiary/aromatic N) is 2. The van der Waals surface area contributed by atoms with Crippen molar-refractivity contribution in [1.29, 1.82) is 0 Å². The lowest BCUT2D eigenvalue weighted by atomic mass is 9.83. The summed E-state index contributed by atoms with van der Waals surface area (Å²) in [5.41, 5.74) is 5.07. The van der Waals surface area contributed by atoms with Crippen molar-refractivity contribution in [3.63, 3.8) is 0 Å². The zero-order valence-electron chi connectivity index (χ0n) is 15.1. The largest absolute Gasteiger partial charge is 0.492 e. The van der Waals surface area contributed by atoms with Gasteiger partial charge in [-0.15, -0.1) is 0 Å². The van der Waals surface area contributed by atoms with Gasteiger partial charge in [0.05, 0.1) is 24.8 Å². The van der Waals surface area contributed by atoms with Crippen molar-refractivity contribution in [2.45, 2.75) is 24.7 Å².